The molecule has 1 saturated carbocycles. The lowest BCUT2D eigenvalue weighted by Gasteiger charge is -2.39. The van der Waals surface area contributed by atoms with Gasteiger partial charge in [0.25, 0.3) is 5.91 Å². The Morgan fingerprint density at radius 2 is 2.04 bits per heavy atom. The predicted molar refractivity (Wildman–Crippen MR) is 90.3 cm³/mol. The van der Waals surface area contributed by atoms with Gasteiger partial charge in [-0.1, -0.05) is 0 Å². The van der Waals surface area contributed by atoms with E-state index in [1.54, 1.807) is 0 Å². The minimum absolute atomic E-state index is 0.0735. The summed E-state index contributed by atoms with van der Waals surface area (Å²) in [4.78, 5) is 12.7. The molecule has 0 spiro atoms. The second kappa shape index (κ2) is 6.07. The van der Waals surface area contributed by atoms with Crippen molar-refractivity contribution < 1.29 is 19.4 Å². The number of fused-ring (bicyclic) bond motifs is 1. The van der Waals surface area contributed by atoms with E-state index in [9.17, 15) is 9.90 Å². The summed E-state index contributed by atoms with van der Waals surface area (Å²) >= 11 is 0. The predicted octanol–water partition coefficient (Wildman–Crippen LogP) is 1.48. The second-order valence-electron chi connectivity index (χ2n) is 7.86. The Morgan fingerprint density at radius 3 is 2.72 bits per heavy atom. The summed E-state index contributed by atoms with van der Waals surface area (Å²) in [5.41, 5.74) is 1.39. The third-order valence-corrected chi connectivity index (χ3v) is 6.20. The fourth-order valence-corrected chi connectivity index (χ4v) is 4.39. The first-order valence-corrected chi connectivity index (χ1v) is 9.25. The highest BCUT2D eigenvalue weighted by Gasteiger charge is 2.58. The van der Waals surface area contributed by atoms with Gasteiger partial charge in [-0.05, 0) is 26.7 Å². The van der Waals surface area contributed by atoms with Gasteiger partial charge in [-0.2, -0.15) is 5.10 Å². The Bertz CT molecular complexity index is 661. The summed E-state index contributed by atoms with van der Waals surface area (Å²) in [5, 5.41) is 21.2. The molecule has 1 amide bonds. The van der Waals surface area contributed by atoms with Crippen LogP contribution in [-0.2, 0) is 15.9 Å². The molecule has 3 aliphatic rings. The Kier molecular flexibility index (Phi) is 4.13. The number of aromatic amines is 1. The average Bonchev–Trinajstić information content (AvgIpc) is 3.27. The number of hydrogen-bond donors (Lipinski definition) is 3. The fraction of sp³-hybridized carbons (Fsp3) is 0.778. The van der Waals surface area contributed by atoms with Gasteiger partial charge in [-0.25, -0.2) is 0 Å². The molecule has 7 heteroatoms. The zero-order valence-electron chi connectivity index (χ0n) is 14.9. The largest absolute Gasteiger partial charge is 0.389 e. The number of hydrogen-bond acceptors (Lipinski definition) is 5. The number of carbonyl (C=O) groups excluding carboxylic acids is 1. The monoisotopic (exact) mass is 349 g/mol. The molecular weight excluding hydrogens is 322 g/mol. The molecule has 0 aromatic carbocycles. The van der Waals surface area contributed by atoms with Crippen LogP contribution in [0.3, 0.4) is 0 Å². The van der Waals surface area contributed by atoms with E-state index in [0.29, 0.717) is 44.7 Å². The van der Waals surface area contributed by atoms with E-state index in [1.165, 1.54) is 0 Å². The molecule has 1 aromatic rings. The summed E-state index contributed by atoms with van der Waals surface area (Å²) in [7, 11) is 0. The molecule has 3 N–H and O–H groups in total. The van der Waals surface area contributed by atoms with Gasteiger partial charge in [0.05, 0.1) is 23.5 Å². The van der Waals surface area contributed by atoms with Gasteiger partial charge in [0.15, 0.2) is 5.69 Å². The van der Waals surface area contributed by atoms with Crippen LogP contribution in [0.25, 0.3) is 0 Å². The van der Waals surface area contributed by atoms with Gasteiger partial charge in [0.1, 0.15) is 0 Å². The molecule has 0 radical (unpaired) electrons. The highest BCUT2D eigenvalue weighted by molar-refractivity contribution is 5.94. The quantitative estimate of drug-likeness (QED) is 0.765. The number of H-pyrrole nitrogens is 1. The molecule has 25 heavy (non-hydrogen) atoms. The van der Waals surface area contributed by atoms with Crippen molar-refractivity contribution in [3.63, 3.8) is 0 Å². The zero-order chi connectivity index (χ0) is 17.7. The molecule has 0 unspecified atom stereocenters. The van der Waals surface area contributed by atoms with Crippen molar-refractivity contribution in [3.05, 3.63) is 17.0 Å². The molecule has 2 atom stereocenters. The smallest absolute Gasteiger partial charge is 0.272 e. The molecule has 4 rings (SSSR count). The van der Waals surface area contributed by atoms with Crippen LogP contribution in [0, 0.1) is 5.41 Å². The van der Waals surface area contributed by atoms with Crippen LogP contribution < -0.4 is 5.32 Å². The topological polar surface area (TPSA) is 96.5 Å². The summed E-state index contributed by atoms with van der Waals surface area (Å²) in [6.45, 7) is 5.65. The van der Waals surface area contributed by atoms with Crippen LogP contribution in [0.1, 0.15) is 67.4 Å². The summed E-state index contributed by atoms with van der Waals surface area (Å²) in [5.74, 6) is -0.166. The first kappa shape index (κ1) is 17.0. The molecule has 1 aliphatic carbocycles. The number of carbonyl (C=O) groups is 1. The SMILES string of the molecule is C[C@@H]1Cc2c(C(=O)NCC3(C4(O)CCOCC4)CC3)n[nH]c2[C@H](C)O1. The second-order valence-corrected chi connectivity index (χ2v) is 7.86. The van der Waals surface area contributed by atoms with Crippen LogP contribution in [-0.4, -0.2) is 52.7 Å². The normalized spacial score (nSPS) is 29.7. The number of nitrogens with one attached hydrogen (secondary N) is 2. The number of nitrogens with zero attached hydrogens (tertiary/aromatic N) is 1. The van der Waals surface area contributed by atoms with Crippen LogP contribution >= 0.6 is 0 Å². The summed E-state index contributed by atoms with van der Waals surface area (Å²) in [6, 6.07) is 0. The number of amides is 1. The Morgan fingerprint density at radius 1 is 1.32 bits per heavy atom. The maximum absolute atomic E-state index is 12.7. The highest BCUT2D eigenvalue weighted by atomic mass is 16.5. The highest BCUT2D eigenvalue weighted by Crippen LogP contribution is 2.57. The molecule has 1 saturated heterocycles. The Balaban J connectivity index is 1.45. The van der Waals surface area contributed by atoms with Gasteiger partial charge in [-0.15, -0.1) is 0 Å². The van der Waals surface area contributed by atoms with Crippen molar-refractivity contribution in [1.29, 1.82) is 0 Å². The van der Waals surface area contributed by atoms with Gasteiger partial charge >= 0.3 is 0 Å². The van der Waals surface area contributed by atoms with Crippen LogP contribution in [0.2, 0.25) is 0 Å². The molecule has 7 nitrogen and oxygen atoms in total. The first-order valence-electron chi connectivity index (χ1n) is 9.25. The maximum Gasteiger partial charge on any atom is 0.272 e. The first-order chi connectivity index (χ1) is 11.9. The number of ether oxygens (including phenoxy) is 2. The summed E-state index contributed by atoms with van der Waals surface area (Å²) < 4.78 is 11.2. The Hall–Kier alpha value is -1.44. The number of rotatable bonds is 4. The van der Waals surface area contributed by atoms with E-state index in [1.807, 2.05) is 13.8 Å². The van der Waals surface area contributed by atoms with Crippen molar-refractivity contribution in [1.82, 2.24) is 15.5 Å². The lowest BCUT2D eigenvalue weighted by atomic mass is 9.78. The van der Waals surface area contributed by atoms with E-state index < -0.39 is 5.60 Å². The Labute approximate surface area is 147 Å². The molecule has 1 aromatic heterocycles. The molecule has 2 fully saturated rings. The van der Waals surface area contributed by atoms with Gasteiger partial charge in [-0.3, -0.25) is 9.89 Å². The van der Waals surface area contributed by atoms with Crippen molar-refractivity contribution in [2.45, 2.75) is 63.8 Å². The van der Waals surface area contributed by atoms with E-state index in [4.69, 9.17) is 9.47 Å². The molecular formula is C18H27N3O4. The third kappa shape index (κ3) is 2.88. The van der Waals surface area contributed by atoms with Crippen molar-refractivity contribution >= 4 is 5.91 Å². The van der Waals surface area contributed by atoms with Crippen LogP contribution in [0.5, 0.6) is 0 Å². The minimum Gasteiger partial charge on any atom is -0.389 e. The van der Waals surface area contributed by atoms with Crippen LogP contribution in [0.15, 0.2) is 0 Å². The molecule has 0 bridgehead atoms. The number of aromatic nitrogens is 2. The average molecular weight is 349 g/mol. The summed E-state index contributed by atoms with van der Waals surface area (Å²) in [6.07, 6.45) is 3.87. The fourth-order valence-electron chi connectivity index (χ4n) is 4.39. The van der Waals surface area contributed by atoms with Gasteiger partial charge < -0.3 is 19.9 Å². The minimum atomic E-state index is -0.722. The molecule has 3 heterocycles. The zero-order valence-corrected chi connectivity index (χ0v) is 14.9. The third-order valence-electron chi connectivity index (χ3n) is 6.20. The van der Waals surface area contributed by atoms with Crippen molar-refractivity contribution in [2.24, 2.45) is 5.41 Å². The van der Waals surface area contributed by atoms with Crippen LogP contribution in [0.4, 0.5) is 0 Å². The maximum atomic E-state index is 12.7. The van der Waals surface area contributed by atoms with E-state index in [0.717, 1.165) is 24.1 Å². The molecule has 138 valence electrons. The number of aliphatic hydroxyl groups is 1. The van der Waals surface area contributed by atoms with E-state index in [2.05, 4.69) is 15.5 Å². The van der Waals surface area contributed by atoms with Crippen molar-refractivity contribution in [3.8, 4) is 0 Å². The molecule has 2 aliphatic heterocycles. The van der Waals surface area contributed by atoms with Crippen molar-refractivity contribution in [2.75, 3.05) is 19.8 Å². The van der Waals surface area contributed by atoms with Gasteiger partial charge in [0, 0.05) is 50.0 Å². The lowest BCUT2D eigenvalue weighted by Crippen LogP contribution is -2.49. The van der Waals surface area contributed by atoms with E-state index in [-0.39, 0.29) is 23.5 Å². The van der Waals surface area contributed by atoms with E-state index >= 15 is 0 Å². The lowest BCUT2D eigenvalue weighted by molar-refractivity contribution is -0.108. The van der Waals surface area contributed by atoms with Gasteiger partial charge in [0.2, 0.25) is 0 Å². The standard InChI is InChI=1S/C18H27N3O4/c1-11-9-13-14(12(2)25-11)20-21-15(13)16(22)19-10-17(3-4-17)18(23)5-7-24-8-6-18/h11-12,23H,3-10H2,1-2H3,(H,19,22)(H,20,21)/t11-,12+/m1/s1.